The van der Waals surface area contributed by atoms with E-state index >= 15 is 0 Å². The molecule has 1 rings (SSSR count). The standard InChI is InChI=1S/C8H11NO2S/c1-6-4-3-5-7(9)8(6)12(2,10)11/h3-5H,9H2,1-2H3. The largest absolute Gasteiger partial charge is 0.398 e. The van der Waals surface area contributed by atoms with Gasteiger partial charge in [0.2, 0.25) is 0 Å². The molecule has 0 saturated carbocycles. The molecule has 3 nitrogen and oxygen atoms in total. The number of anilines is 1. The Kier molecular flexibility index (Phi) is 2.10. The van der Waals surface area contributed by atoms with Crippen molar-refractivity contribution in [2.75, 3.05) is 12.0 Å². The molecule has 0 spiro atoms. The second-order valence-electron chi connectivity index (χ2n) is 2.77. The van der Waals surface area contributed by atoms with Gasteiger partial charge in [0.05, 0.1) is 10.6 Å². The summed E-state index contributed by atoms with van der Waals surface area (Å²) < 4.78 is 22.4. The highest BCUT2D eigenvalue weighted by atomic mass is 32.2. The van der Waals surface area contributed by atoms with Crippen molar-refractivity contribution < 1.29 is 8.42 Å². The molecule has 1 aromatic carbocycles. The van der Waals surface area contributed by atoms with Crippen molar-refractivity contribution in [3.8, 4) is 0 Å². The summed E-state index contributed by atoms with van der Waals surface area (Å²) in [6, 6.07) is 5.05. The molecule has 0 unspecified atom stereocenters. The van der Waals surface area contributed by atoms with Gasteiger partial charge in [-0.2, -0.15) is 0 Å². The van der Waals surface area contributed by atoms with Crippen molar-refractivity contribution in [2.24, 2.45) is 0 Å². The van der Waals surface area contributed by atoms with Crippen LogP contribution in [0.3, 0.4) is 0 Å². The quantitative estimate of drug-likeness (QED) is 0.663. The number of rotatable bonds is 1. The minimum Gasteiger partial charge on any atom is -0.398 e. The van der Waals surface area contributed by atoms with E-state index < -0.39 is 9.84 Å². The number of nitrogens with two attached hydrogens (primary N) is 1. The van der Waals surface area contributed by atoms with Crippen molar-refractivity contribution in [3.05, 3.63) is 23.8 Å². The molecule has 0 aromatic heterocycles. The summed E-state index contributed by atoms with van der Waals surface area (Å²) in [5, 5.41) is 0. The smallest absolute Gasteiger partial charge is 0.177 e. The average Bonchev–Trinajstić information content (AvgIpc) is 1.82. The molecule has 0 amide bonds. The van der Waals surface area contributed by atoms with Crippen LogP contribution < -0.4 is 5.73 Å². The third-order valence-corrected chi connectivity index (χ3v) is 2.91. The molecule has 0 aliphatic heterocycles. The number of sulfone groups is 1. The van der Waals surface area contributed by atoms with Gasteiger partial charge in [0, 0.05) is 6.26 Å². The Hall–Kier alpha value is -1.03. The van der Waals surface area contributed by atoms with E-state index in [-0.39, 0.29) is 4.90 Å². The molecule has 2 N–H and O–H groups in total. The van der Waals surface area contributed by atoms with E-state index in [1.807, 2.05) is 0 Å². The highest BCUT2D eigenvalue weighted by Crippen LogP contribution is 2.21. The van der Waals surface area contributed by atoms with Crippen molar-refractivity contribution >= 4 is 15.5 Å². The van der Waals surface area contributed by atoms with Gasteiger partial charge in [-0.05, 0) is 18.6 Å². The monoisotopic (exact) mass is 185 g/mol. The Morgan fingerprint density at radius 1 is 1.33 bits per heavy atom. The third kappa shape index (κ3) is 1.58. The maximum atomic E-state index is 11.2. The number of benzene rings is 1. The predicted octanol–water partition coefficient (Wildman–Crippen LogP) is 0.981. The van der Waals surface area contributed by atoms with Gasteiger partial charge in [-0.15, -0.1) is 0 Å². The van der Waals surface area contributed by atoms with Gasteiger partial charge < -0.3 is 5.73 Å². The molecule has 66 valence electrons. The van der Waals surface area contributed by atoms with E-state index in [1.54, 1.807) is 25.1 Å². The first-order valence-electron chi connectivity index (χ1n) is 3.48. The minimum atomic E-state index is -3.19. The van der Waals surface area contributed by atoms with Crippen molar-refractivity contribution in [3.63, 3.8) is 0 Å². The highest BCUT2D eigenvalue weighted by Gasteiger charge is 2.13. The summed E-state index contributed by atoms with van der Waals surface area (Å²) in [6.07, 6.45) is 1.16. The van der Waals surface area contributed by atoms with Crippen LogP contribution in [0.5, 0.6) is 0 Å². The molecule has 0 atom stereocenters. The van der Waals surface area contributed by atoms with Crippen LogP contribution in [0, 0.1) is 6.92 Å². The molecule has 4 heteroatoms. The first kappa shape index (κ1) is 9.06. The molecular formula is C8H11NO2S. The molecule has 0 heterocycles. The SMILES string of the molecule is Cc1cccc(N)c1S(C)(=O)=O. The molecule has 0 aliphatic carbocycles. The fourth-order valence-corrected chi connectivity index (χ4v) is 2.33. The number of hydrogen-bond acceptors (Lipinski definition) is 3. The molecule has 0 bridgehead atoms. The van der Waals surface area contributed by atoms with Crippen molar-refractivity contribution in [2.45, 2.75) is 11.8 Å². The summed E-state index contributed by atoms with van der Waals surface area (Å²) in [6.45, 7) is 1.73. The van der Waals surface area contributed by atoms with Crippen LogP contribution in [0.15, 0.2) is 23.1 Å². The van der Waals surface area contributed by atoms with Gasteiger partial charge in [-0.1, -0.05) is 12.1 Å². The maximum absolute atomic E-state index is 11.2. The summed E-state index contributed by atoms with van der Waals surface area (Å²) in [4.78, 5) is 0.241. The Labute approximate surface area is 72.1 Å². The lowest BCUT2D eigenvalue weighted by atomic mass is 10.2. The van der Waals surface area contributed by atoms with Gasteiger partial charge >= 0.3 is 0 Å². The van der Waals surface area contributed by atoms with E-state index in [2.05, 4.69) is 0 Å². The first-order valence-corrected chi connectivity index (χ1v) is 5.37. The Morgan fingerprint density at radius 2 is 1.92 bits per heavy atom. The molecule has 0 aliphatic rings. The number of aryl methyl sites for hydroxylation is 1. The molecular weight excluding hydrogens is 174 g/mol. The van der Waals surface area contributed by atoms with Gasteiger partial charge in [0.1, 0.15) is 0 Å². The second kappa shape index (κ2) is 2.79. The molecule has 0 fully saturated rings. The average molecular weight is 185 g/mol. The molecule has 0 saturated heterocycles. The van der Waals surface area contributed by atoms with Gasteiger partial charge in [0.25, 0.3) is 0 Å². The minimum absolute atomic E-state index is 0.241. The normalized spacial score (nSPS) is 11.5. The Morgan fingerprint density at radius 3 is 2.25 bits per heavy atom. The first-order chi connectivity index (χ1) is 5.43. The second-order valence-corrected chi connectivity index (χ2v) is 4.72. The molecule has 12 heavy (non-hydrogen) atoms. The summed E-state index contributed by atoms with van der Waals surface area (Å²) in [5.74, 6) is 0. The number of nitrogen functional groups attached to an aromatic ring is 1. The van der Waals surface area contributed by atoms with Crippen molar-refractivity contribution in [1.29, 1.82) is 0 Å². The van der Waals surface area contributed by atoms with Gasteiger partial charge in [0.15, 0.2) is 9.84 Å². The topological polar surface area (TPSA) is 60.2 Å². The van der Waals surface area contributed by atoms with Gasteiger partial charge in [-0.3, -0.25) is 0 Å². The van der Waals surface area contributed by atoms with E-state index in [0.717, 1.165) is 6.26 Å². The number of hydrogen-bond donors (Lipinski definition) is 1. The van der Waals surface area contributed by atoms with Crippen LogP contribution in [-0.4, -0.2) is 14.7 Å². The van der Waals surface area contributed by atoms with E-state index in [9.17, 15) is 8.42 Å². The zero-order valence-electron chi connectivity index (χ0n) is 7.03. The lowest BCUT2D eigenvalue weighted by Gasteiger charge is -2.05. The fraction of sp³-hybridized carbons (Fsp3) is 0.250. The maximum Gasteiger partial charge on any atom is 0.177 e. The fourth-order valence-electron chi connectivity index (χ4n) is 1.18. The van der Waals surface area contributed by atoms with Crippen LogP contribution >= 0.6 is 0 Å². The van der Waals surface area contributed by atoms with Crippen LogP contribution in [0.25, 0.3) is 0 Å². The Balaban J connectivity index is 3.53. The van der Waals surface area contributed by atoms with Gasteiger partial charge in [-0.25, -0.2) is 8.42 Å². The van der Waals surface area contributed by atoms with Crippen LogP contribution in [0.2, 0.25) is 0 Å². The third-order valence-electron chi connectivity index (χ3n) is 1.61. The van der Waals surface area contributed by atoms with E-state index in [1.165, 1.54) is 0 Å². The zero-order valence-corrected chi connectivity index (χ0v) is 7.85. The van der Waals surface area contributed by atoms with E-state index in [4.69, 9.17) is 5.73 Å². The summed E-state index contributed by atoms with van der Waals surface area (Å²) in [7, 11) is -3.19. The van der Waals surface area contributed by atoms with E-state index in [0.29, 0.717) is 11.3 Å². The summed E-state index contributed by atoms with van der Waals surface area (Å²) in [5.41, 5.74) is 6.54. The van der Waals surface area contributed by atoms with Crippen molar-refractivity contribution in [1.82, 2.24) is 0 Å². The molecule has 0 radical (unpaired) electrons. The lowest BCUT2D eigenvalue weighted by molar-refractivity contribution is 0.601. The van der Waals surface area contributed by atoms with Crippen LogP contribution in [0.4, 0.5) is 5.69 Å². The lowest BCUT2D eigenvalue weighted by Crippen LogP contribution is -2.04. The zero-order chi connectivity index (χ0) is 9.35. The van der Waals surface area contributed by atoms with Crippen LogP contribution in [0.1, 0.15) is 5.56 Å². The highest BCUT2D eigenvalue weighted by molar-refractivity contribution is 7.91. The molecule has 1 aromatic rings. The Bertz CT molecular complexity index is 375. The predicted molar refractivity (Wildman–Crippen MR) is 48.7 cm³/mol. The van der Waals surface area contributed by atoms with Crippen LogP contribution in [-0.2, 0) is 9.84 Å². The summed E-state index contributed by atoms with van der Waals surface area (Å²) >= 11 is 0.